The topological polar surface area (TPSA) is 68.3 Å². The number of carbonyl (C=O) groups is 4. The zero-order valence-corrected chi connectivity index (χ0v) is 12.9. The minimum absolute atomic E-state index is 0.264. The van der Waals surface area contributed by atoms with Crippen LogP contribution in [0, 0.1) is 0 Å². The van der Waals surface area contributed by atoms with E-state index in [2.05, 4.69) is 0 Å². The van der Waals surface area contributed by atoms with Crippen molar-refractivity contribution in [2.24, 2.45) is 0 Å². The lowest BCUT2D eigenvalue weighted by Gasteiger charge is -2.01. The van der Waals surface area contributed by atoms with Crippen LogP contribution in [0.2, 0.25) is 0 Å². The lowest BCUT2D eigenvalue weighted by atomic mass is 10.2. The van der Waals surface area contributed by atoms with Crippen LogP contribution in [0.15, 0.2) is 48.5 Å². The Morgan fingerprint density at radius 1 is 0.636 bits per heavy atom. The van der Waals surface area contributed by atoms with E-state index in [4.69, 9.17) is 0 Å². The molecule has 0 atom stereocenters. The minimum atomic E-state index is -0.264. The Morgan fingerprint density at radius 3 is 1.23 bits per heavy atom. The van der Waals surface area contributed by atoms with Gasteiger partial charge in [-0.1, -0.05) is 24.3 Å². The molecule has 0 aliphatic rings. The van der Waals surface area contributed by atoms with Gasteiger partial charge >= 0.3 is 0 Å². The SMILES string of the molecule is O=Cc1ccc(C(=O)SSC(=O)c2ccc(C=O)cc2)cc1. The second-order valence-electron chi connectivity index (χ2n) is 4.22. The highest BCUT2D eigenvalue weighted by Crippen LogP contribution is 2.29. The third kappa shape index (κ3) is 4.16. The van der Waals surface area contributed by atoms with E-state index in [1.807, 2.05) is 0 Å². The molecule has 0 saturated heterocycles. The van der Waals surface area contributed by atoms with Crippen molar-refractivity contribution in [3.05, 3.63) is 70.8 Å². The normalized spacial score (nSPS) is 10.0. The van der Waals surface area contributed by atoms with Gasteiger partial charge in [-0.15, -0.1) is 0 Å². The lowest BCUT2D eigenvalue weighted by Crippen LogP contribution is -1.96. The molecule has 2 rings (SSSR count). The van der Waals surface area contributed by atoms with Crippen molar-refractivity contribution in [3.63, 3.8) is 0 Å². The van der Waals surface area contributed by atoms with Crippen molar-refractivity contribution in [3.8, 4) is 0 Å². The molecule has 110 valence electrons. The Morgan fingerprint density at radius 2 is 0.955 bits per heavy atom. The quantitative estimate of drug-likeness (QED) is 0.629. The lowest BCUT2D eigenvalue weighted by molar-refractivity contribution is 0.107. The number of carbonyl (C=O) groups excluding carboxylic acids is 4. The molecule has 0 N–H and O–H groups in total. The molecule has 0 radical (unpaired) electrons. The van der Waals surface area contributed by atoms with Gasteiger partial charge in [0.15, 0.2) is 0 Å². The summed E-state index contributed by atoms with van der Waals surface area (Å²) < 4.78 is 0. The first-order valence-electron chi connectivity index (χ1n) is 6.17. The molecule has 4 nitrogen and oxygen atoms in total. The summed E-state index contributed by atoms with van der Waals surface area (Å²) >= 11 is 0. The summed E-state index contributed by atoms with van der Waals surface area (Å²) in [7, 11) is 1.65. The van der Waals surface area contributed by atoms with Gasteiger partial charge in [-0.05, 0) is 45.9 Å². The van der Waals surface area contributed by atoms with Crippen LogP contribution < -0.4 is 0 Å². The molecule has 0 fully saturated rings. The van der Waals surface area contributed by atoms with Crippen LogP contribution in [0.3, 0.4) is 0 Å². The third-order valence-electron chi connectivity index (χ3n) is 2.76. The van der Waals surface area contributed by atoms with Gasteiger partial charge in [-0.2, -0.15) is 0 Å². The second-order valence-corrected chi connectivity index (χ2v) is 6.30. The van der Waals surface area contributed by atoms with Gasteiger partial charge in [0.1, 0.15) is 12.6 Å². The van der Waals surface area contributed by atoms with Crippen LogP contribution in [0.5, 0.6) is 0 Å². The van der Waals surface area contributed by atoms with E-state index >= 15 is 0 Å². The zero-order chi connectivity index (χ0) is 15.9. The molecule has 0 aromatic heterocycles. The Balaban J connectivity index is 1.95. The van der Waals surface area contributed by atoms with E-state index in [9.17, 15) is 19.2 Å². The average molecular weight is 330 g/mol. The molecule has 0 bridgehead atoms. The molecule has 0 aliphatic heterocycles. The first kappa shape index (κ1) is 16.2. The van der Waals surface area contributed by atoms with Crippen molar-refractivity contribution in [2.45, 2.75) is 0 Å². The molecular formula is C16H10O4S2. The molecule has 0 spiro atoms. The summed E-state index contributed by atoms with van der Waals surface area (Å²) in [5.41, 5.74) is 1.82. The highest BCUT2D eigenvalue weighted by molar-refractivity contribution is 8.87. The first-order chi connectivity index (χ1) is 10.6. The monoisotopic (exact) mass is 330 g/mol. The number of benzene rings is 2. The fourth-order valence-corrected chi connectivity index (χ4v) is 3.21. The highest BCUT2D eigenvalue weighted by Gasteiger charge is 2.13. The Hall–Kier alpha value is -2.18. The summed E-state index contributed by atoms with van der Waals surface area (Å²) in [4.78, 5) is 45.0. The van der Waals surface area contributed by atoms with Crippen LogP contribution in [0.25, 0.3) is 0 Å². The fraction of sp³-hybridized carbons (Fsp3) is 0. The summed E-state index contributed by atoms with van der Waals surface area (Å²) in [6.45, 7) is 0. The van der Waals surface area contributed by atoms with Gasteiger partial charge in [0.2, 0.25) is 10.2 Å². The molecule has 0 heterocycles. The largest absolute Gasteiger partial charge is 0.298 e. The van der Waals surface area contributed by atoms with Crippen LogP contribution in [0.4, 0.5) is 0 Å². The molecule has 22 heavy (non-hydrogen) atoms. The van der Waals surface area contributed by atoms with Gasteiger partial charge in [-0.25, -0.2) is 0 Å². The fourth-order valence-electron chi connectivity index (χ4n) is 1.57. The van der Waals surface area contributed by atoms with Crippen LogP contribution >= 0.6 is 21.6 Å². The molecule has 0 aliphatic carbocycles. The zero-order valence-electron chi connectivity index (χ0n) is 11.2. The van der Waals surface area contributed by atoms with Crippen molar-refractivity contribution in [1.82, 2.24) is 0 Å². The van der Waals surface area contributed by atoms with Crippen LogP contribution in [-0.4, -0.2) is 22.8 Å². The average Bonchev–Trinajstić information content (AvgIpc) is 2.59. The summed E-state index contributed by atoms with van der Waals surface area (Å²) in [6, 6.07) is 12.4. The molecule has 0 amide bonds. The maximum atomic E-state index is 11.9. The van der Waals surface area contributed by atoms with Gasteiger partial charge < -0.3 is 0 Å². The molecule has 6 heteroatoms. The smallest absolute Gasteiger partial charge is 0.230 e. The molecule has 0 saturated carbocycles. The van der Waals surface area contributed by atoms with Crippen molar-refractivity contribution >= 4 is 44.4 Å². The van der Waals surface area contributed by atoms with Gasteiger partial charge in [0.25, 0.3) is 0 Å². The Labute approximate surface area is 134 Å². The van der Waals surface area contributed by atoms with E-state index < -0.39 is 0 Å². The minimum Gasteiger partial charge on any atom is -0.298 e. The van der Waals surface area contributed by atoms with E-state index in [1.54, 1.807) is 48.5 Å². The van der Waals surface area contributed by atoms with Crippen LogP contribution in [-0.2, 0) is 0 Å². The Bertz CT molecular complexity index is 642. The molecule has 2 aromatic rings. The third-order valence-corrected chi connectivity index (χ3v) is 4.77. The van der Waals surface area contributed by atoms with Crippen molar-refractivity contribution in [1.29, 1.82) is 0 Å². The summed E-state index contributed by atoms with van der Waals surface area (Å²) in [5.74, 6) is 0. The predicted octanol–water partition coefficient (Wildman–Crippen LogP) is 3.67. The van der Waals surface area contributed by atoms with E-state index in [-0.39, 0.29) is 10.2 Å². The van der Waals surface area contributed by atoms with E-state index in [0.29, 0.717) is 34.8 Å². The Kier molecular flexibility index (Phi) is 5.68. The van der Waals surface area contributed by atoms with Gasteiger partial charge in [-0.3, -0.25) is 19.2 Å². The number of rotatable bonds is 4. The van der Waals surface area contributed by atoms with E-state index in [0.717, 1.165) is 21.6 Å². The standard InChI is InChI=1S/C16H10O4S2/c17-9-11-1-5-13(6-2-11)15(19)21-22-16(20)14-7-3-12(10-18)4-8-14/h1-10H. The maximum Gasteiger partial charge on any atom is 0.230 e. The molecular weight excluding hydrogens is 320 g/mol. The number of hydrogen-bond acceptors (Lipinski definition) is 6. The first-order valence-corrected chi connectivity index (χ1v) is 8.32. The van der Waals surface area contributed by atoms with Gasteiger partial charge in [0, 0.05) is 22.3 Å². The number of hydrogen-bond donors (Lipinski definition) is 0. The summed E-state index contributed by atoms with van der Waals surface area (Å²) in [6.07, 6.45) is 1.39. The summed E-state index contributed by atoms with van der Waals surface area (Å²) in [5, 5.41) is -0.527. The van der Waals surface area contributed by atoms with Crippen LogP contribution in [0.1, 0.15) is 41.4 Å². The van der Waals surface area contributed by atoms with Gasteiger partial charge in [0.05, 0.1) is 0 Å². The molecule has 0 unspecified atom stereocenters. The van der Waals surface area contributed by atoms with Crippen molar-refractivity contribution in [2.75, 3.05) is 0 Å². The maximum absolute atomic E-state index is 11.9. The second kappa shape index (κ2) is 7.72. The van der Waals surface area contributed by atoms with E-state index in [1.165, 1.54) is 0 Å². The van der Waals surface area contributed by atoms with Crippen molar-refractivity contribution < 1.29 is 19.2 Å². The predicted molar refractivity (Wildman–Crippen MR) is 87.5 cm³/mol. The number of aldehydes is 2. The molecule has 2 aromatic carbocycles. The highest BCUT2D eigenvalue weighted by atomic mass is 33.1.